The van der Waals surface area contributed by atoms with Crippen molar-refractivity contribution in [2.24, 2.45) is 0 Å². The molecular weight excluding hydrogens is 353 g/mol. The van der Waals surface area contributed by atoms with Gasteiger partial charge in [0.1, 0.15) is 5.82 Å². The Balaban J connectivity index is 1.93. The molecule has 1 heterocycles. The van der Waals surface area contributed by atoms with E-state index in [1.165, 1.54) is 18.3 Å². The first kappa shape index (κ1) is 18.7. The molecule has 0 saturated heterocycles. The molecule has 0 atom stereocenters. The van der Waals surface area contributed by atoms with Crippen molar-refractivity contribution in [2.45, 2.75) is 20.0 Å². The van der Waals surface area contributed by atoms with Crippen LogP contribution in [-0.4, -0.2) is 16.5 Å². The van der Waals surface area contributed by atoms with Crippen LogP contribution in [0.1, 0.15) is 18.1 Å². The van der Waals surface area contributed by atoms with Crippen molar-refractivity contribution in [3.05, 3.63) is 71.9 Å². The molecule has 0 amide bonds. The van der Waals surface area contributed by atoms with Gasteiger partial charge in [-0.25, -0.2) is 4.98 Å². The summed E-state index contributed by atoms with van der Waals surface area (Å²) in [5.41, 5.74) is 1.23. The van der Waals surface area contributed by atoms with Gasteiger partial charge in [0.25, 0.3) is 0 Å². The molecule has 0 spiro atoms. The van der Waals surface area contributed by atoms with Gasteiger partial charge in [0.15, 0.2) is 0 Å². The highest BCUT2D eigenvalue weighted by molar-refractivity contribution is 5.64. The van der Waals surface area contributed by atoms with Crippen LogP contribution in [0.4, 0.5) is 36.3 Å². The van der Waals surface area contributed by atoms with Crippen LogP contribution < -0.4 is 10.2 Å². The van der Waals surface area contributed by atoms with E-state index in [-0.39, 0.29) is 5.69 Å². The minimum Gasteiger partial charge on any atom is -0.340 e. The number of hydrogen-bond donors (Lipinski definition) is 1. The lowest BCUT2D eigenvalue weighted by Crippen LogP contribution is -2.19. The number of para-hydroxylation sites is 1. The van der Waals surface area contributed by atoms with Gasteiger partial charge in [0, 0.05) is 18.4 Å². The van der Waals surface area contributed by atoms with Crippen LogP contribution in [0.15, 0.2) is 60.8 Å². The van der Waals surface area contributed by atoms with Crippen LogP contribution in [0, 0.1) is 6.92 Å². The average Bonchev–Trinajstić information content (AvgIpc) is 2.62. The highest BCUT2D eigenvalue weighted by Gasteiger charge is 2.33. The first-order valence-electron chi connectivity index (χ1n) is 8.49. The van der Waals surface area contributed by atoms with Gasteiger partial charge in [-0.2, -0.15) is 18.2 Å². The topological polar surface area (TPSA) is 41.1 Å². The van der Waals surface area contributed by atoms with E-state index in [2.05, 4.69) is 15.3 Å². The number of anilines is 4. The van der Waals surface area contributed by atoms with E-state index < -0.39 is 11.7 Å². The quantitative estimate of drug-likeness (QED) is 0.623. The van der Waals surface area contributed by atoms with Gasteiger partial charge >= 0.3 is 6.18 Å². The molecule has 0 saturated carbocycles. The molecule has 0 unspecified atom stereocenters. The second-order valence-electron chi connectivity index (χ2n) is 5.99. The van der Waals surface area contributed by atoms with Crippen LogP contribution in [0.3, 0.4) is 0 Å². The molecule has 0 radical (unpaired) electrons. The van der Waals surface area contributed by atoms with E-state index in [0.717, 1.165) is 17.3 Å². The van der Waals surface area contributed by atoms with E-state index in [1.807, 2.05) is 43.0 Å². The largest absolute Gasteiger partial charge is 0.418 e. The molecule has 140 valence electrons. The van der Waals surface area contributed by atoms with Gasteiger partial charge in [0.05, 0.1) is 11.3 Å². The Kier molecular flexibility index (Phi) is 5.30. The van der Waals surface area contributed by atoms with Gasteiger partial charge in [-0.1, -0.05) is 24.3 Å². The Morgan fingerprint density at radius 2 is 1.81 bits per heavy atom. The summed E-state index contributed by atoms with van der Waals surface area (Å²) in [4.78, 5) is 10.6. The van der Waals surface area contributed by atoms with E-state index in [4.69, 9.17) is 0 Å². The van der Waals surface area contributed by atoms with Crippen LogP contribution in [-0.2, 0) is 6.18 Å². The summed E-state index contributed by atoms with van der Waals surface area (Å²) in [5.74, 6) is 0.709. The van der Waals surface area contributed by atoms with Crippen molar-refractivity contribution in [1.82, 2.24) is 9.97 Å². The molecule has 4 nitrogen and oxygen atoms in total. The predicted octanol–water partition coefficient (Wildman–Crippen LogP) is 5.71. The fraction of sp³-hybridized carbons (Fsp3) is 0.200. The summed E-state index contributed by atoms with van der Waals surface area (Å²) < 4.78 is 39.6. The Morgan fingerprint density at radius 3 is 2.52 bits per heavy atom. The Hall–Kier alpha value is -3.09. The Bertz CT molecular complexity index is 925. The highest BCUT2D eigenvalue weighted by Crippen LogP contribution is 2.35. The van der Waals surface area contributed by atoms with Gasteiger partial charge in [-0.3, -0.25) is 0 Å². The van der Waals surface area contributed by atoms with Crippen molar-refractivity contribution in [3.63, 3.8) is 0 Å². The average molecular weight is 372 g/mol. The Labute approximate surface area is 155 Å². The summed E-state index contributed by atoms with van der Waals surface area (Å²) >= 11 is 0. The summed E-state index contributed by atoms with van der Waals surface area (Å²) in [6.07, 6.45) is -2.92. The highest BCUT2D eigenvalue weighted by atomic mass is 19.4. The third-order valence-electron chi connectivity index (χ3n) is 4.01. The number of aromatic nitrogens is 2. The second-order valence-corrected chi connectivity index (χ2v) is 5.99. The lowest BCUT2D eigenvalue weighted by Gasteiger charge is -2.22. The van der Waals surface area contributed by atoms with E-state index >= 15 is 0 Å². The molecule has 0 aliphatic heterocycles. The van der Waals surface area contributed by atoms with Crippen molar-refractivity contribution in [3.8, 4) is 0 Å². The third-order valence-corrected chi connectivity index (χ3v) is 4.01. The van der Waals surface area contributed by atoms with Crippen LogP contribution in [0.5, 0.6) is 0 Å². The van der Waals surface area contributed by atoms with Gasteiger partial charge in [-0.15, -0.1) is 0 Å². The summed E-state index contributed by atoms with van der Waals surface area (Å²) in [6, 6.07) is 14.7. The molecular formula is C20H19F3N4. The minimum atomic E-state index is -4.45. The van der Waals surface area contributed by atoms with Crippen molar-refractivity contribution < 1.29 is 13.2 Å². The molecule has 3 aromatic rings. The smallest absolute Gasteiger partial charge is 0.340 e. The monoisotopic (exact) mass is 372 g/mol. The number of nitrogens with one attached hydrogen (secondary N) is 1. The molecule has 1 N–H and O–H groups in total. The second kappa shape index (κ2) is 7.65. The number of aryl methyl sites for hydroxylation is 1. The maximum atomic E-state index is 13.2. The number of halogens is 3. The van der Waals surface area contributed by atoms with Crippen molar-refractivity contribution in [2.75, 3.05) is 16.8 Å². The Morgan fingerprint density at radius 1 is 1.04 bits per heavy atom. The molecule has 0 aliphatic carbocycles. The normalized spacial score (nSPS) is 11.3. The van der Waals surface area contributed by atoms with Gasteiger partial charge in [-0.05, 0) is 49.7 Å². The van der Waals surface area contributed by atoms with Crippen LogP contribution in [0.25, 0.3) is 0 Å². The molecule has 27 heavy (non-hydrogen) atoms. The molecule has 3 rings (SSSR count). The van der Waals surface area contributed by atoms with E-state index in [1.54, 1.807) is 12.1 Å². The first-order chi connectivity index (χ1) is 12.9. The van der Waals surface area contributed by atoms with E-state index in [9.17, 15) is 13.2 Å². The summed E-state index contributed by atoms with van der Waals surface area (Å²) in [7, 11) is 0. The van der Waals surface area contributed by atoms with Crippen LogP contribution >= 0.6 is 0 Å². The van der Waals surface area contributed by atoms with Crippen molar-refractivity contribution in [1.29, 1.82) is 0 Å². The lowest BCUT2D eigenvalue weighted by molar-refractivity contribution is -0.136. The maximum absolute atomic E-state index is 13.2. The van der Waals surface area contributed by atoms with Gasteiger partial charge in [0.2, 0.25) is 5.95 Å². The lowest BCUT2D eigenvalue weighted by atomic mass is 10.1. The molecule has 1 aromatic heterocycles. The zero-order valence-electron chi connectivity index (χ0n) is 15.0. The first-order valence-corrected chi connectivity index (χ1v) is 8.49. The molecule has 0 fully saturated rings. The zero-order chi connectivity index (χ0) is 19.4. The summed E-state index contributed by atoms with van der Waals surface area (Å²) in [5, 5.41) is 2.76. The van der Waals surface area contributed by atoms with Gasteiger partial charge < -0.3 is 10.2 Å². The standard InChI is InChI=1S/C20H19F3N4/c1-3-27(15-8-6-7-14(2)13-15)19-24-12-11-18(26-19)25-17-10-5-4-9-16(17)20(21,22)23/h4-13H,3H2,1-2H3,(H,24,25,26). The molecule has 0 bridgehead atoms. The van der Waals surface area contributed by atoms with Crippen LogP contribution in [0.2, 0.25) is 0 Å². The maximum Gasteiger partial charge on any atom is 0.418 e. The molecule has 2 aromatic carbocycles. The zero-order valence-corrected chi connectivity index (χ0v) is 15.0. The fourth-order valence-corrected chi connectivity index (χ4v) is 2.76. The number of alkyl halides is 3. The third kappa shape index (κ3) is 4.36. The summed E-state index contributed by atoms with van der Waals surface area (Å²) in [6.45, 7) is 4.57. The SMILES string of the molecule is CCN(c1cccc(C)c1)c1nccc(Nc2ccccc2C(F)(F)F)n1. The number of hydrogen-bond acceptors (Lipinski definition) is 4. The van der Waals surface area contributed by atoms with E-state index in [0.29, 0.717) is 18.3 Å². The fourth-order valence-electron chi connectivity index (χ4n) is 2.76. The minimum absolute atomic E-state index is 0.0479. The molecule has 7 heteroatoms. The number of nitrogens with zero attached hydrogens (tertiary/aromatic N) is 3. The number of rotatable bonds is 5. The number of benzene rings is 2. The molecule has 0 aliphatic rings. The predicted molar refractivity (Wildman–Crippen MR) is 101 cm³/mol. The van der Waals surface area contributed by atoms with Crippen molar-refractivity contribution >= 4 is 23.1 Å².